The van der Waals surface area contributed by atoms with Crippen molar-refractivity contribution in [3.05, 3.63) is 90.0 Å². The van der Waals surface area contributed by atoms with E-state index in [1.807, 2.05) is 48.5 Å². The molecule has 0 atom stereocenters. The molecule has 0 saturated heterocycles. The molecule has 0 saturated carbocycles. The van der Waals surface area contributed by atoms with Gasteiger partial charge in [-0.05, 0) is 59.2 Å². The Hall–Kier alpha value is -3.84. The fraction of sp³-hybridized carbons (Fsp3) is 0.0435. The zero-order chi connectivity index (χ0) is 19.1. The summed E-state index contributed by atoms with van der Waals surface area (Å²) >= 11 is 0. The Labute approximate surface area is 157 Å². The minimum atomic E-state index is -0.455. The molecule has 0 heterocycles. The Bertz CT molecular complexity index is 997. The number of carbonyl (C=O) groups excluding carboxylic acids is 1. The molecule has 3 aromatic rings. The molecular weight excluding hydrogens is 338 g/mol. The average Bonchev–Trinajstić information content (AvgIpc) is 2.73. The van der Waals surface area contributed by atoms with Gasteiger partial charge in [0.1, 0.15) is 11.5 Å². The van der Waals surface area contributed by atoms with Gasteiger partial charge in [-0.25, -0.2) is 4.79 Å². The summed E-state index contributed by atoms with van der Waals surface area (Å²) in [5, 5.41) is 8.85. The summed E-state index contributed by atoms with van der Waals surface area (Å²) in [7, 11) is 1.60. The summed E-state index contributed by atoms with van der Waals surface area (Å²) in [6.07, 6.45) is 3.05. The fourth-order valence-electron chi connectivity index (χ4n) is 2.51. The van der Waals surface area contributed by atoms with Gasteiger partial charge in [-0.3, -0.25) is 0 Å². The lowest BCUT2D eigenvalue weighted by Gasteiger charge is -2.05. The normalized spacial score (nSPS) is 10.4. The third kappa shape index (κ3) is 4.83. The second-order valence-electron chi connectivity index (χ2n) is 5.74. The quantitative estimate of drug-likeness (QED) is 0.373. The van der Waals surface area contributed by atoms with Crippen LogP contribution in [0.5, 0.6) is 11.5 Å². The van der Waals surface area contributed by atoms with Crippen molar-refractivity contribution in [1.29, 1.82) is 5.26 Å². The second kappa shape index (κ2) is 8.50. The highest BCUT2D eigenvalue weighted by molar-refractivity contribution is 5.88. The highest BCUT2D eigenvalue weighted by Gasteiger charge is 2.03. The molecule has 3 aromatic carbocycles. The second-order valence-corrected chi connectivity index (χ2v) is 5.74. The minimum Gasteiger partial charge on any atom is -0.497 e. The number of esters is 1. The standard InChI is InChI=1S/C23H17NO3/c1-26-22-4-2-3-17(15-22)7-14-23(25)27-21-12-10-20(11-13-21)19-8-5-18(16-24)6-9-19/h2-15H,1H3. The van der Waals surface area contributed by atoms with Crippen molar-refractivity contribution in [2.75, 3.05) is 7.11 Å². The number of ether oxygens (including phenoxy) is 2. The first kappa shape index (κ1) is 18.0. The zero-order valence-corrected chi connectivity index (χ0v) is 14.8. The van der Waals surface area contributed by atoms with E-state index in [1.165, 1.54) is 6.08 Å². The van der Waals surface area contributed by atoms with Crippen LogP contribution >= 0.6 is 0 Å². The van der Waals surface area contributed by atoms with Crippen LogP contribution in [0, 0.1) is 11.3 Å². The molecule has 0 aliphatic carbocycles. The van der Waals surface area contributed by atoms with Crippen LogP contribution in [0.4, 0.5) is 0 Å². The number of hydrogen-bond donors (Lipinski definition) is 0. The Morgan fingerprint density at radius 2 is 1.59 bits per heavy atom. The van der Waals surface area contributed by atoms with Crippen molar-refractivity contribution in [3.63, 3.8) is 0 Å². The van der Waals surface area contributed by atoms with Gasteiger partial charge < -0.3 is 9.47 Å². The van der Waals surface area contributed by atoms with Crippen LogP contribution < -0.4 is 9.47 Å². The van der Waals surface area contributed by atoms with Crippen LogP contribution in [-0.4, -0.2) is 13.1 Å². The van der Waals surface area contributed by atoms with Crippen molar-refractivity contribution in [1.82, 2.24) is 0 Å². The maximum absolute atomic E-state index is 12.0. The third-order valence-corrected chi connectivity index (χ3v) is 3.93. The number of nitrogens with zero attached hydrogens (tertiary/aromatic N) is 1. The van der Waals surface area contributed by atoms with E-state index in [0.29, 0.717) is 11.3 Å². The Morgan fingerprint density at radius 1 is 0.926 bits per heavy atom. The Balaban J connectivity index is 1.64. The Morgan fingerprint density at radius 3 is 2.22 bits per heavy atom. The SMILES string of the molecule is COc1cccc(C=CC(=O)Oc2ccc(-c3ccc(C#N)cc3)cc2)c1. The smallest absolute Gasteiger partial charge is 0.336 e. The van der Waals surface area contributed by atoms with E-state index in [2.05, 4.69) is 6.07 Å². The van der Waals surface area contributed by atoms with Gasteiger partial charge in [-0.15, -0.1) is 0 Å². The van der Waals surface area contributed by atoms with Crippen LogP contribution in [0.1, 0.15) is 11.1 Å². The predicted octanol–water partition coefficient (Wildman–Crippen LogP) is 4.85. The van der Waals surface area contributed by atoms with E-state index in [1.54, 1.807) is 37.5 Å². The molecule has 132 valence electrons. The lowest BCUT2D eigenvalue weighted by molar-refractivity contribution is -0.128. The first-order valence-electron chi connectivity index (χ1n) is 8.32. The lowest BCUT2D eigenvalue weighted by Crippen LogP contribution is -2.03. The molecule has 0 unspecified atom stereocenters. The van der Waals surface area contributed by atoms with E-state index in [9.17, 15) is 4.79 Å². The van der Waals surface area contributed by atoms with Gasteiger partial charge in [0.25, 0.3) is 0 Å². The Kier molecular flexibility index (Phi) is 5.66. The number of carbonyl (C=O) groups is 1. The molecule has 0 aliphatic rings. The molecule has 0 spiro atoms. The molecule has 0 bridgehead atoms. The fourth-order valence-corrected chi connectivity index (χ4v) is 2.51. The topological polar surface area (TPSA) is 59.3 Å². The van der Waals surface area contributed by atoms with Gasteiger partial charge in [0.15, 0.2) is 0 Å². The van der Waals surface area contributed by atoms with E-state index >= 15 is 0 Å². The van der Waals surface area contributed by atoms with E-state index in [4.69, 9.17) is 14.7 Å². The molecule has 0 amide bonds. The van der Waals surface area contributed by atoms with Crippen molar-refractivity contribution < 1.29 is 14.3 Å². The van der Waals surface area contributed by atoms with Crippen LogP contribution in [0.15, 0.2) is 78.9 Å². The molecule has 0 aliphatic heterocycles. The van der Waals surface area contributed by atoms with E-state index < -0.39 is 5.97 Å². The van der Waals surface area contributed by atoms with Crippen molar-refractivity contribution >= 4 is 12.0 Å². The monoisotopic (exact) mass is 355 g/mol. The lowest BCUT2D eigenvalue weighted by atomic mass is 10.0. The minimum absolute atomic E-state index is 0.455. The highest BCUT2D eigenvalue weighted by atomic mass is 16.5. The van der Waals surface area contributed by atoms with Gasteiger partial charge in [0.2, 0.25) is 0 Å². The summed E-state index contributed by atoms with van der Waals surface area (Å²) in [5.74, 6) is 0.737. The predicted molar refractivity (Wildman–Crippen MR) is 104 cm³/mol. The summed E-state index contributed by atoms with van der Waals surface area (Å²) in [6.45, 7) is 0. The number of benzene rings is 3. The molecule has 27 heavy (non-hydrogen) atoms. The third-order valence-electron chi connectivity index (χ3n) is 3.93. The van der Waals surface area contributed by atoms with E-state index in [0.717, 1.165) is 22.4 Å². The number of rotatable bonds is 5. The first-order valence-corrected chi connectivity index (χ1v) is 8.32. The molecule has 4 heteroatoms. The molecule has 0 radical (unpaired) electrons. The first-order chi connectivity index (χ1) is 13.2. The van der Waals surface area contributed by atoms with Crippen LogP contribution in [0.3, 0.4) is 0 Å². The van der Waals surface area contributed by atoms with Gasteiger partial charge in [0.05, 0.1) is 18.7 Å². The van der Waals surface area contributed by atoms with Gasteiger partial charge in [0, 0.05) is 6.08 Å². The molecule has 0 aromatic heterocycles. The van der Waals surface area contributed by atoms with Crippen molar-refractivity contribution in [2.24, 2.45) is 0 Å². The van der Waals surface area contributed by atoms with Crippen molar-refractivity contribution in [2.45, 2.75) is 0 Å². The molecular formula is C23H17NO3. The average molecular weight is 355 g/mol. The molecule has 0 N–H and O–H groups in total. The summed E-state index contributed by atoms with van der Waals surface area (Å²) < 4.78 is 10.5. The number of nitriles is 1. The number of hydrogen-bond acceptors (Lipinski definition) is 4. The largest absolute Gasteiger partial charge is 0.497 e. The van der Waals surface area contributed by atoms with Crippen molar-refractivity contribution in [3.8, 4) is 28.7 Å². The van der Waals surface area contributed by atoms with Gasteiger partial charge in [-0.2, -0.15) is 5.26 Å². The highest BCUT2D eigenvalue weighted by Crippen LogP contribution is 2.23. The number of methoxy groups -OCH3 is 1. The van der Waals surface area contributed by atoms with Crippen LogP contribution in [0.2, 0.25) is 0 Å². The van der Waals surface area contributed by atoms with Crippen LogP contribution in [0.25, 0.3) is 17.2 Å². The maximum Gasteiger partial charge on any atom is 0.336 e. The maximum atomic E-state index is 12.0. The summed E-state index contributed by atoms with van der Waals surface area (Å²) in [6, 6.07) is 24.0. The van der Waals surface area contributed by atoms with Gasteiger partial charge >= 0.3 is 5.97 Å². The molecule has 3 rings (SSSR count). The molecule has 0 fully saturated rings. The summed E-state index contributed by atoms with van der Waals surface area (Å²) in [4.78, 5) is 12.0. The van der Waals surface area contributed by atoms with E-state index in [-0.39, 0.29) is 0 Å². The molecule has 4 nitrogen and oxygen atoms in total. The summed E-state index contributed by atoms with van der Waals surface area (Å²) in [5.41, 5.74) is 3.44. The van der Waals surface area contributed by atoms with Crippen LogP contribution in [-0.2, 0) is 4.79 Å². The zero-order valence-electron chi connectivity index (χ0n) is 14.8. The van der Waals surface area contributed by atoms with Gasteiger partial charge in [-0.1, -0.05) is 36.4 Å².